The first-order chi connectivity index (χ1) is 18.5. The van der Waals surface area contributed by atoms with Crippen molar-refractivity contribution in [2.24, 2.45) is 0 Å². The van der Waals surface area contributed by atoms with Crippen molar-refractivity contribution < 1.29 is 0 Å². The van der Waals surface area contributed by atoms with Gasteiger partial charge in [-0.2, -0.15) is 0 Å². The molecule has 0 amide bonds. The number of hydrogen-bond donors (Lipinski definition) is 0. The van der Waals surface area contributed by atoms with Gasteiger partial charge in [-0.25, -0.2) is 0 Å². The molecule has 6 rings (SSSR count). The average Bonchev–Trinajstić information content (AvgIpc) is 2.96. The van der Waals surface area contributed by atoms with Gasteiger partial charge in [0.1, 0.15) is 0 Å². The van der Waals surface area contributed by atoms with Crippen LogP contribution in [0.15, 0.2) is 121 Å². The maximum atomic E-state index is 2.31. The molecule has 2 heteroatoms. The number of hydrogen-bond acceptors (Lipinski definition) is 2. The van der Waals surface area contributed by atoms with E-state index in [9.17, 15) is 0 Å². The van der Waals surface area contributed by atoms with Crippen LogP contribution in [-0.2, 0) is 0 Å². The van der Waals surface area contributed by atoms with Crippen molar-refractivity contribution in [3.63, 3.8) is 0 Å². The molecule has 6 aromatic carbocycles. The number of rotatable bonds is 5. The predicted molar refractivity (Wildman–Crippen MR) is 166 cm³/mol. The van der Waals surface area contributed by atoms with E-state index in [1.54, 1.807) is 0 Å². The molecule has 0 heterocycles. The second-order valence-electron chi connectivity index (χ2n) is 10.2. The maximum Gasteiger partial charge on any atom is 0.0440 e. The molecule has 0 radical (unpaired) electrons. The van der Waals surface area contributed by atoms with Gasteiger partial charge in [0.2, 0.25) is 0 Å². The van der Waals surface area contributed by atoms with Crippen LogP contribution in [0.25, 0.3) is 54.9 Å². The molecule has 0 bridgehead atoms. The zero-order chi connectivity index (χ0) is 26.2. The zero-order valence-corrected chi connectivity index (χ0v) is 22.4. The van der Waals surface area contributed by atoms with Gasteiger partial charge in [-0.1, -0.05) is 109 Å². The lowest BCUT2D eigenvalue weighted by Gasteiger charge is -2.24. The van der Waals surface area contributed by atoms with E-state index in [-0.39, 0.29) is 0 Å². The minimum absolute atomic E-state index is 1.21. The molecule has 0 aliphatic heterocycles. The Morgan fingerprint density at radius 2 is 0.711 bits per heavy atom. The Bertz CT molecular complexity index is 1650. The topological polar surface area (TPSA) is 6.48 Å². The quantitative estimate of drug-likeness (QED) is 0.237. The summed E-state index contributed by atoms with van der Waals surface area (Å²) >= 11 is 0. The van der Waals surface area contributed by atoms with E-state index in [1.165, 1.54) is 66.3 Å². The molecule has 186 valence electrons. The van der Waals surface area contributed by atoms with E-state index in [4.69, 9.17) is 0 Å². The Kier molecular flexibility index (Phi) is 6.09. The second-order valence-corrected chi connectivity index (χ2v) is 10.2. The van der Waals surface area contributed by atoms with Gasteiger partial charge in [0, 0.05) is 50.7 Å². The average molecular weight is 493 g/mol. The van der Waals surface area contributed by atoms with Crippen molar-refractivity contribution in [2.75, 3.05) is 38.0 Å². The summed E-state index contributed by atoms with van der Waals surface area (Å²) in [6.45, 7) is 0. The minimum Gasteiger partial charge on any atom is -0.377 e. The first-order valence-corrected chi connectivity index (χ1v) is 13.1. The van der Waals surface area contributed by atoms with Gasteiger partial charge in [0.05, 0.1) is 0 Å². The summed E-state index contributed by atoms with van der Waals surface area (Å²) in [6.07, 6.45) is 0. The number of para-hydroxylation sites is 2. The van der Waals surface area contributed by atoms with Crippen molar-refractivity contribution in [3.05, 3.63) is 121 Å². The normalized spacial score (nSPS) is 11.2. The molecule has 0 aromatic heterocycles. The SMILES string of the molecule is CN(C)c1ccccc1-c1ccc2ccccc2c1-c1c(-c2ccccc2N(C)C)ccc2ccccc12. The molecule has 0 unspecified atom stereocenters. The molecule has 38 heavy (non-hydrogen) atoms. The van der Waals surface area contributed by atoms with Gasteiger partial charge in [-0.05, 0) is 55.9 Å². The summed E-state index contributed by atoms with van der Waals surface area (Å²) in [7, 11) is 8.49. The lowest BCUT2D eigenvalue weighted by Crippen LogP contribution is -2.10. The molecule has 0 saturated carbocycles. The number of nitrogens with zero attached hydrogens (tertiary/aromatic N) is 2. The molecule has 0 atom stereocenters. The molecule has 0 aliphatic carbocycles. The third-order valence-electron chi connectivity index (χ3n) is 7.46. The molecule has 2 nitrogen and oxygen atoms in total. The van der Waals surface area contributed by atoms with Crippen molar-refractivity contribution in [1.82, 2.24) is 0 Å². The standard InChI is InChI=1S/C36H32N2/c1-37(2)33-19-11-9-17-29(33)31-23-21-25-13-5-7-15-27(25)35(31)36-28-16-8-6-14-26(28)22-24-32(36)30-18-10-12-20-34(30)38(3)4/h5-24H,1-4H3. The molecular weight excluding hydrogens is 460 g/mol. The van der Waals surface area contributed by atoms with Crippen molar-refractivity contribution >= 4 is 32.9 Å². The zero-order valence-electron chi connectivity index (χ0n) is 22.4. The van der Waals surface area contributed by atoms with Crippen molar-refractivity contribution in [1.29, 1.82) is 0 Å². The van der Waals surface area contributed by atoms with Gasteiger partial charge >= 0.3 is 0 Å². The largest absolute Gasteiger partial charge is 0.377 e. The van der Waals surface area contributed by atoms with E-state index in [0.717, 1.165) is 0 Å². The van der Waals surface area contributed by atoms with E-state index in [0.29, 0.717) is 0 Å². The summed E-state index contributed by atoms with van der Waals surface area (Å²) in [4.78, 5) is 4.42. The Morgan fingerprint density at radius 3 is 1.13 bits per heavy atom. The Labute approximate surface area is 225 Å². The van der Waals surface area contributed by atoms with Crippen LogP contribution in [0, 0.1) is 0 Å². The van der Waals surface area contributed by atoms with Crippen LogP contribution in [0.3, 0.4) is 0 Å². The minimum atomic E-state index is 1.21. The highest BCUT2D eigenvalue weighted by Gasteiger charge is 2.21. The van der Waals surface area contributed by atoms with Crippen molar-refractivity contribution in [2.45, 2.75) is 0 Å². The van der Waals surface area contributed by atoms with Crippen LogP contribution in [0.5, 0.6) is 0 Å². The fraction of sp³-hybridized carbons (Fsp3) is 0.111. The Balaban J connectivity index is 1.82. The molecular formula is C36H32N2. The number of anilines is 2. The van der Waals surface area contributed by atoms with Gasteiger partial charge in [-0.3, -0.25) is 0 Å². The van der Waals surface area contributed by atoms with Gasteiger partial charge in [0.25, 0.3) is 0 Å². The van der Waals surface area contributed by atoms with Gasteiger partial charge < -0.3 is 9.80 Å². The molecule has 0 N–H and O–H groups in total. The number of benzene rings is 6. The first kappa shape index (κ1) is 23.8. The number of fused-ring (bicyclic) bond motifs is 2. The molecule has 0 saturated heterocycles. The molecule has 0 aliphatic rings. The predicted octanol–water partition coefficient (Wildman–Crippen LogP) is 9.13. The second kappa shape index (κ2) is 9.72. The van der Waals surface area contributed by atoms with E-state index < -0.39 is 0 Å². The smallest absolute Gasteiger partial charge is 0.0440 e. The lowest BCUT2D eigenvalue weighted by atomic mass is 9.82. The van der Waals surface area contributed by atoms with E-state index in [1.807, 2.05) is 0 Å². The third-order valence-corrected chi connectivity index (χ3v) is 7.46. The van der Waals surface area contributed by atoms with Crippen LogP contribution in [-0.4, -0.2) is 28.2 Å². The van der Waals surface area contributed by atoms with Crippen molar-refractivity contribution in [3.8, 4) is 33.4 Å². The van der Waals surface area contributed by atoms with E-state index >= 15 is 0 Å². The maximum absolute atomic E-state index is 2.31. The summed E-state index contributed by atoms with van der Waals surface area (Å²) < 4.78 is 0. The monoisotopic (exact) mass is 492 g/mol. The van der Waals surface area contributed by atoms with Crippen LogP contribution in [0.2, 0.25) is 0 Å². The molecule has 6 aromatic rings. The molecule has 0 fully saturated rings. The highest BCUT2D eigenvalue weighted by atomic mass is 15.1. The summed E-state index contributed by atoms with van der Waals surface area (Å²) in [5.74, 6) is 0. The van der Waals surface area contributed by atoms with Crippen LogP contribution >= 0.6 is 0 Å². The fourth-order valence-corrected chi connectivity index (χ4v) is 5.71. The highest BCUT2D eigenvalue weighted by molar-refractivity contribution is 6.16. The van der Waals surface area contributed by atoms with Gasteiger partial charge in [0.15, 0.2) is 0 Å². The van der Waals surface area contributed by atoms with Crippen LogP contribution in [0.4, 0.5) is 11.4 Å². The fourth-order valence-electron chi connectivity index (χ4n) is 5.71. The highest BCUT2D eigenvalue weighted by Crippen LogP contribution is 2.48. The molecule has 0 spiro atoms. The van der Waals surface area contributed by atoms with Crippen LogP contribution < -0.4 is 9.80 Å². The third kappa shape index (κ3) is 3.99. The first-order valence-electron chi connectivity index (χ1n) is 13.1. The Morgan fingerprint density at radius 1 is 0.342 bits per heavy atom. The summed E-state index contributed by atoms with van der Waals surface area (Å²) in [5, 5.41) is 5.01. The lowest BCUT2D eigenvalue weighted by molar-refractivity contribution is 1.13. The summed E-state index contributed by atoms with van der Waals surface area (Å²) in [6, 6.07) is 44.2. The summed E-state index contributed by atoms with van der Waals surface area (Å²) in [5.41, 5.74) is 9.92. The van der Waals surface area contributed by atoms with Gasteiger partial charge in [-0.15, -0.1) is 0 Å². The van der Waals surface area contributed by atoms with Crippen LogP contribution in [0.1, 0.15) is 0 Å². The van der Waals surface area contributed by atoms with E-state index in [2.05, 4.69) is 159 Å². The Hall–Kier alpha value is -4.56.